The first kappa shape index (κ1) is 11.6. The van der Waals surface area contributed by atoms with Gasteiger partial charge in [-0.3, -0.25) is 9.69 Å². The van der Waals surface area contributed by atoms with Gasteiger partial charge in [0, 0.05) is 6.54 Å². The predicted octanol–water partition coefficient (Wildman–Crippen LogP) is -0.217. The molecule has 0 aromatic heterocycles. The molecule has 82 valence electrons. The number of carbonyl (C=O) groups excluding carboxylic acids is 1. The summed E-state index contributed by atoms with van der Waals surface area (Å²) in [5, 5.41) is 18.9. The van der Waals surface area contributed by atoms with Gasteiger partial charge < -0.3 is 10.2 Å². The summed E-state index contributed by atoms with van der Waals surface area (Å²) in [6.07, 6.45) is 1.44. The Morgan fingerprint density at radius 3 is 2.79 bits per heavy atom. The van der Waals surface area contributed by atoms with Gasteiger partial charge in [-0.15, -0.1) is 0 Å². The van der Waals surface area contributed by atoms with Crippen LogP contribution < -0.4 is 0 Å². The highest BCUT2D eigenvalue weighted by Gasteiger charge is 2.35. The Kier molecular flexibility index (Phi) is 3.64. The van der Waals surface area contributed by atoms with E-state index in [-0.39, 0.29) is 18.4 Å². The van der Waals surface area contributed by atoms with E-state index in [0.29, 0.717) is 13.0 Å². The average molecular weight is 201 g/mol. The van der Waals surface area contributed by atoms with E-state index in [0.717, 1.165) is 13.0 Å². The van der Waals surface area contributed by atoms with Crippen LogP contribution in [0.3, 0.4) is 0 Å². The third kappa shape index (κ3) is 2.53. The van der Waals surface area contributed by atoms with Crippen molar-refractivity contribution in [2.75, 3.05) is 19.7 Å². The van der Waals surface area contributed by atoms with Gasteiger partial charge in [0.05, 0.1) is 12.6 Å². The van der Waals surface area contributed by atoms with E-state index in [1.54, 1.807) is 6.92 Å². The first-order chi connectivity index (χ1) is 6.48. The van der Waals surface area contributed by atoms with Crippen LogP contribution in [0.25, 0.3) is 0 Å². The lowest BCUT2D eigenvalue weighted by atomic mass is 9.92. The van der Waals surface area contributed by atoms with E-state index in [1.165, 1.54) is 0 Å². The minimum Gasteiger partial charge on any atom is -0.393 e. The maximum atomic E-state index is 11.2. The first-order valence-corrected chi connectivity index (χ1v) is 5.06. The Hall–Kier alpha value is -0.450. The molecule has 0 radical (unpaired) electrons. The van der Waals surface area contributed by atoms with Gasteiger partial charge in [0.2, 0.25) is 0 Å². The Labute approximate surface area is 84.5 Å². The normalized spacial score (nSPS) is 31.4. The average Bonchev–Trinajstić information content (AvgIpc) is 2.16. The van der Waals surface area contributed by atoms with E-state index in [4.69, 9.17) is 5.11 Å². The summed E-state index contributed by atoms with van der Waals surface area (Å²) in [6.45, 7) is 4.38. The van der Waals surface area contributed by atoms with Crippen molar-refractivity contribution in [3.05, 3.63) is 0 Å². The highest BCUT2D eigenvalue weighted by molar-refractivity contribution is 5.80. The number of nitrogens with zero attached hydrogens (tertiary/aromatic N) is 1. The van der Waals surface area contributed by atoms with Crippen molar-refractivity contribution in [3.63, 3.8) is 0 Å². The van der Waals surface area contributed by atoms with Crippen LogP contribution in [0.5, 0.6) is 0 Å². The zero-order valence-corrected chi connectivity index (χ0v) is 8.86. The van der Waals surface area contributed by atoms with Crippen LogP contribution in [0.4, 0.5) is 0 Å². The molecular weight excluding hydrogens is 182 g/mol. The standard InChI is InChI=1S/C10H19NO3/c1-8(9(2)13)11-5-3-4-10(14,6-11)7-12/h8,12,14H,3-7H2,1-2H3. The minimum atomic E-state index is -1.01. The van der Waals surface area contributed by atoms with Crippen molar-refractivity contribution < 1.29 is 15.0 Å². The van der Waals surface area contributed by atoms with Crippen molar-refractivity contribution in [3.8, 4) is 0 Å². The molecule has 2 unspecified atom stereocenters. The lowest BCUT2D eigenvalue weighted by Gasteiger charge is -2.40. The SMILES string of the molecule is CC(=O)C(C)N1CCCC(O)(CO)C1. The number of ketones is 1. The summed E-state index contributed by atoms with van der Waals surface area (Å²) in [5.41, 5.74) is -1.01. The summed E-state index contributed by atoms with van der Waals surface area (Å²) in [6, 6.07) is -0.159. The molecule has 0 aliphatic carbocycles. The molecule has 14 heavy (non-hydrogen) atoms. The smallest absolute Gasteiger partial charge is 0.146 e. The molecule has 0 amide bonds. The Morgan fingerprint density at radius 2 is 2.29 bits per heavy atom. The van der Waals surface area contributed by atoms with Crippen molar-refractivity contribution in [2.45, 2.75) is 38.3 Å². The number of carbonyl (C=O) groups is 1. The van der Waals surface area contributed by atoms with Crippen LogP contribution in [-0.4, -0.2) is 52.2 Å². The number of aliphatic hydroxyl groups is 2. The van der Waals surface area contributed by atoms with Crippen LogP contribution in [0, 0.1) is 0 Å². The largest absolute Gasteiger partial charge is 0.393 e. The van der Waals surface area contributed by atoms with Gasteiger partial charge in [-0.05, 0) is 33.2 Å². The van der Waals surface area contributed by atoms with Crippen LogP contribution >= 0.6 is 0 Å². The van der Waals surface area contributed by atoms with Gasteiger partial charge in [-0.1, -0.05) is 0 Å². The number of likely N-dealkylation sites (tertiary alicyclic amines) is 1. The van der Waals surface area contributed by atoms with E-state index in [2.05, 4.69) is 0 Å². The number of β-amino-alcohol motifs (C(OH)–C–C–N with tert-alkyl or cyclic N) is 1. The number of Topliss-reactive ketones (excluding diaryl/α,β-unsaturated/α-hetero) is 1. The molecule has 2 N–H and O–H groups in total. The monoisotopic (exact) mass is 201 g/mol. The zero-order valence-electron chi connectivity index (χ0n) is 8.86. The number of rotatable bonds is 3. The molecular formula is C10H19NO3. The maximum absolute atomic E-state index is 11.2. The Morgan fingerprint density at radius 1 is 1.64 bits per heavy atom. The van der Waals surface area contributed by atoms with Crippen molar-refractivity contribution in [2.24, 2.45) is 0 Å². The molecule has 0 aromatic carbocycles. The van der Waals surface area contributed by atoms with Gasteiger partial charge in [0.25, 0.3) is 0 Å². The molecule has 1 rings (SSSR count). The molecule has 1 saturated heterocycles. The van der Waals surface area contributed by atoms with Crippen LogP contribution in [0.15, 0.2) is 0 Å². The molecule has 1 fully saturated rings. The van der Waals surface area contributed by atoms with E-state index < -0.39 is 5.60 Å². The lowest BCUT2D eigenvalue weighted by molar-refractivity contribution is -0.126. The van der Waals surface area contributed by atoms with E-state index in [1.807, 2.05) is 11.8 Å². The Bertz CT molecular complexity index is 219. The third-order valence-electron chi connectivity index (χ3n) is 3.02. The lowest BCUT2D eigenvalue weighted by Crippen LogP contribution is -2.54. The molecule has 1 heterocycles. The molecule has 4 heteroatoms. The molecule has 4 nitrogen and oxygen atoms in total. The number of hydrogen-bond acceptors (Lipinski definition) is 4. The second-order valence-electron chi connectivity index (χ2n) is 4.24. The van der Waals surface area contributed by atoms with Crippen LogP contribution in [0.1, 0.15) is 26.7 Å². The molecule has 0 saturated carbocycles. The molecule has 0 aromatic rings. The maximum Gasteiger partial charge on any atom is 0.146 e. The number of aliphatic hydroxyl groups excluding tert-OH is 1. The molecule has 0 spiro atoms. The van der Waals surface area contributed by atoms with Crippen LogP contribution in [-0.2, 0) is 4.79 Å². The van der Waals surface area contributed by atoms with Crippen LogP contribution in [0.2, 0.25) is 0 Å². The summed E-state index contributed by atoms with van der Waals surface area (Å²) in [4.78, 5) is 13.1. The zero-order chi connectivity index (χ0) is 10.8. The number of hydrogen-bond donors (Lipinski definition) is 2. The van der Waals surface area contributed by atoms with Gasteiger partial charge in [-0.2, -0.15) is 0 Å². The number of piperidine rings is 1. The van der Waals surface area contributed by atoms with Crippen molar-refractivity contribution in [1.29, 1.82) is 0 Å². The molecule has 1 aliphatic heterocycles. The summed E-state index contributed by atoms with van der Waals surface area (Å²) in [7, 11) is 0. The minimum absolute atomic E-state index is 0.104. The van der Waals surface area contributed by atoms with Crippen molar-refractivity contribution in [1.82, 2.24) is 4.90 Å². The summed E-state index contributed by atoms with van der Waals surface area (Å²) >= 11 is 0. The predicted molar refractivity (Wildman–Crippen MR) is 53.0 cm³/mol. The first-order valence-electron chi connectivity index (χ1n) is 5.06. The second kappa shape index (κ2) is 4.38. The molecule has 0 bridgehead atoms. The highest BCUT2D eigenvalue weighted by Crippen LogP contribution is 2.22. The molecule has 2 atom stereocenters. The fourth-order valence-corrected chi connectivity index (χ4v) is 1.86. The van der Waals surface area contributed by atoms with Gasteiger partial charge in [-0.25, -0.2) is 0 Å². The quantitative estimate of drug-likeness (QED) is 0.663. The fraction of sp³-hybridized carbons (Fsp3) is 0.900. The Balaban J connectivity index is 2.60. The van der Waals surface area contributed by atoms with Gasteiger partial charge >= 0.3 is 0 Å². The van der Waals surface area contributed by atoms with Gasteiger partial charge in [0.15, 0.2) is 0 Å². The van der Waals surface area contributed by atoms with E-state index in [9.17, 15) is 9.90 Å². The fourth-order valence-electron chi connectivity index (χ4n) is 1.86. The summed E-state index contributed by atoms with van der Waals surface area (Å²) < 4.78 is 0. The summed E-state index contributed by atoms with van der Waals surface area (Å²) in [5.74, 6) is 0.104. The van der Waals surface area contributed by atoms with Crippen molar-refractivity contribution >= 4 is 5.78 Å². The molecule has 1 aliphatic rings. The van der Waals surface area contributed by atoms with E-state index >= 15 is 0 Å². The second-order valence-corrected chi connectivity index (χ2v) is 4.24. The highest BCUT2D eigenvalue weighted by atomic mass is 16.3. The topological polar surface area (TPSA) is 60.8 Å². The van der Waals surface area contributed by atoms with Gasteiger partial charge in [0.1, 0.15) is 11.4 Å². The third-order valence-corrected chi connectivity index (χ3v) is 3.02.